The van der Waals surface area contributed by atoms with E-state index in [-0.39, 0.29) is 11.9 Å². The van der Waals surface area contributed by atoms with Gasteiger partial charge in [-0.15, -0.1) is 0 Å². The van der Waals surface area contributed by atoms with Gasteiger partial charge in [-0.3, -0.25) is 4.79 Å². The quantitative estimate of drug-likeness (QED) is 0.889. The van der Waals surface area contributed by atoms with Crippen molar-refractivity contribution < 1.29 is 4.79 Å². The Bertz CT molecular complexity index is 396. The molecule has 0 radical (unpaired) electrons. The second-order valence-corrected chi connectivity index (χ2v) is 4.72. The second-order valence-electron chi connectivity index (χ2n) is 4.31. The number of para-hydroxylation sites is 1. The van der Waals surface area contributed by atoms with Crippen molar-refractivity contribution in [1.82, 2.24) is 4.90 Å². The number of halogens is 1. The van der Waals surface area contributed by atoms with E-state index in [9.17, 15) is 4.79 Å². The Morgan fingerprint density at radius 2 is 2.00 bits per heavy atom. The van der Waals surface area contributed by atoms with E-state index in [2.05, 4.69) is 5.32 Å². The average molecular weight is 269 g/mol. The SMILES string of the molecule is CCN(CC)C(=O)C(C)Nc1c(C)cccc1Cl. The van der Waals surface area contributed by atoms with Crippen LogP contribution in [0.4, 0.5) is 5.69 Å². The zero-order chi connectivity index (χ0) is 13.7. The Labute approximate surface area is 114 Å². The molecule has 1 aromatic rings. The van der Waals surface area contributed by atoms with Gasteiger partial charge in [-0.1, -0.05) is 23.7 Å². The molecule has 0 fully saturated rings. The molecule has 18 heavy (non-hydrogen) atoms. The molecule has 0 saturated carbocycles. The predicted molar refractivity (Wildman–Crippen MR) is 77.2 cm³/mol. The lowest BCUT2D eigenvalue weighted by atomic mass is 10.1. The van der Waals surface area contributed by atoms with E-state index in [4.69, 9.17) is 11.6 Å². The minimum absolute atomic E-state index is 0.0966. The van der Waals surface area contributed by atoms with Crippen LogP contribution >= 0.6 is 11.6 Å². The van der Waals surface area contributed by atoms with Crippen LogP contribution in [0.25, 0.3) is 0 Å². The van der Waals surface area contributed by atoms with Gasteiger partial charge in [0.1, 0.15) is 6.04 Å². The van der Waals surface area contributed by atoms with Gasteiger partial charge in [0.25, 0.3) is 0 Å². The first-order valence-electron chi connectivity index (χ1n) is 6.31. The van der Waals surface area contributed by atoms with Crippen molar-refractivity contribution in [3.05, 3.63) is 28.8 Å². The predicted octanol–water partition coefficient (Wildman–Crippen LogP) is 3.32. The molecular formula is C14H21ClN2O. The van der Waals surface area contributed by atoms with E-state index in [0.717, 1.165) is 24.3 Å². The maximum atomic E-state index is 12.2. The third kappa shape index (κ3) is 3.39. The molecule has 0 aromatic heterocycles. The van der Waals surface area contributed by atoms with Crippen molar-refractivity contribution in [2.75, 3.05) is 18.4 Å². The summed E-state index contributed by atoms with van der Waals surface area (Å²) < 4.78 is 0. The van der Waals surface area contributed by atoms with Crippen molar-refractivity contribution in [3.63, 3.8) is 0 Å². The molecule has 100 valence electrons. The van der Waals surface area contributed by atoms with E-state index in [0.29, 0.717) is 5.02 Å². The van der Waals surface area contributed by atoms with Gasteiger partial charge in [0, 0.05) is 13.1 Å². The molecule has 1 N–H and O–H groups in total. The number of hydrogen-bond acceptors (Lipinski definition) is 2. The van der Waals surface area contributed by atoms with Crippen LogP contribution in [-0.2, 0) is 4.79 Å². The van der Waals surface area contributed by atoms with E-state index >= 15 is 0 Å². The number of carbonyl (C=O) groups is 1. The number of benzene rings is 1. The number of aryl methyl sites for hydroxylation is 1. The van der Waals surface area contributed by atoms with Gasteiger partial charge in [0.15, 0.2) is 0 Å². The summed E-state index contributed by atoms with van der Waals surface area (Å²) in [6.45, 7) is 9.25. The van der Waals surface area contributed by atoms with Crippen LogP contribution < -0.4 is 5.32 Å². The van der Waals surface area contributed by atoms with Gasteiger partial charge in [-0.2, -0.15) is 0 Å². The molecule has 0 spiro atoms. The zero-order valence-corrected chi connectivity index (χ0v) is 12.2. The monoisotopic (exact) mass is 268 g/mol. The molecule has 0 aliphatic heterocycles. The lowest BCUT2D eigenvalue weighted by Crippen LogP contribution is -2.41. The molecule has 0 saturated heterocycles. The van der Waals surface area contributed by atoms with Crippen LogP contribution in [0.1, 0.15) is 26.3 Å². The standard InChI is InChI=1S/C14H21ClN2O/c1-5-17(6-2)14(18)11(4)16-13-10(3)8-7-9-12(13)15/h7-9,11,16H,5-6H2,1-4H3. The Hall–Kier alpha value is -1.22. The first kappa shape index (κ1) is 14.8. The molecule has 3 nitrogen and oxygen atoms in total. The maximum absolute atomic E-state index is 12.2. The Balaban J connectivity index is 2.81. The van der Waals surface area contributed by atoms with Crippen LogP contribution in [0.15, 0.2) is 18.2 Å². The van der Waals surface area contributed by atoms with E-state index in [1.807, 2.05) is 50.8 Å². The Morgan fingerprint density at radius 3 is 2.50 bits per heavy atom. The van der Waals surface area contributed by atoms with Gasteiger partial charge < -0.3 is 10.2 Å². The Morgan fingerprint density at radius 1 is 1.39 bits per heavy atom. The number of anilines is 1. The molecule has 0 aliphatic carbocycles. The fourth-order valence-corrected chi connectivity index (χ4v) is 2.18. The number of nitrogens with one attached hydrogen (secondary N) is 1. The molecule has 1 aromatic carbocycles. The minimum Gasteiger partial charge on any atom is -0.372 e. The van der Waals surface area contributed by atoms with Crippen molar-refractivity contribution in [3.8, 4) is 0 Å². The third-order valence-electron chi connectivity index (χ3n) is 3.03. The molecule has 1 rings (SSSR count). The summed E-state index contributed by atoms with van der Waals surface area (Å²) >= 11 is 6.14. The summed E-state index contributed by atoms with van der Waals surface area (Å²) in [4.78, 5) is 14.0. The normalized spacial score (nSPS) is 12.1. The number of carbonyl (C=O) groups excluding carboxylic acids is 1. The van der Waals surface area contributed by atoms with Crippen LogP contribution in [0.5, 0.6) is 0 Å². The van der Waals surface area contributed by atoms with E-state index < -0.39 is 0 Å². The summed E-state index contributed by atoms with van der Waals surface area (Å²) in [6.07, 6.45) is 0. The Kier molecular flexibility index (Phi) is 5.48. The van der Waals surface area contributed by atoms with Gasteiger partial charge in [-0.25, -0.2) is 0 Å². The largest absolute Gasteiger partial charge is 0.372 e. The summed E-state index contributed by atoms with van der Waals surface area (Å²) in [5, 5.41) is 3.85. The molecule has 0 aliphatic rings. The van der Waals surface area contributed by atoms with E-state index in [1.165, 1.54) is 0 Å². The average Bonchev–Trinajstić information content (AvgIpc) is 2.35. The first-order valence-corrected chi connectivity index (χ1v) is 6.69. The topological polar surface area (TPSA) is 32.3 Å². The van der Waals surface area contributed by atoms with Crippen molar-refractivity contribution in [2.45, 2.75) is 33.7 Å². The lowest BCUT2D eigenvalue weighted by Gasteiger charge is -2.25. The zero-order valence-electron chi connectivity index (χ0n) is 11.5. The van der Waals surface area contributed by atoms with Gasteiger partial charge in [0.2, 0.25) is 5.91 Å². The molecule has 0 bridgehead atoms. The summed E-state index contributed by atoms with van der Waals surface area (Å²) in [5.41, 5.74) is 1.88. The lowest BCUT2D eigenvalue weighted by molar-refractivity contribution is -0.131. The summed E-state index contributed by atoms with van der Waals surface area (Å²) in [5.74, 6) is 0.0966. The highest BCUT2D eigenvalue weighted by Crippen LogP contribution is 2.26. The fraction of sp³-hybridized carbons (Fsp3) is 0.500. The first-order chi connectivity index (χ1) is 8.51. The number of nitrogens with zero attached hydrogens (tertiary/aromatic N) is 1. The van der Waals surface area contributed by atoms with Gasteiger partial charge in [-0.05, 0) is 39.3 Å². The van der Waals surface area contributed by atoms with Crippen molar-refractivity contribution in [2.24, 2.45) is 0 Å². The molecule has 1 atom stereocenters. The van der Waals surface area contributed by atoms with Crippen LogP contribution in [0.3, 0.4) is 0 Å². The molecule has 1 amide bonds. The van der Waals surface area contributed by atoms with Crippen molar-refractivity contribution in [1.29, 1.82) is 0 Å². The van der Waals surface area contributed by atoms with Crippen LogP contribution in [-0.4, -0.2) is 29.9 Å². The third-order valence-corrected chi connectivity index (χ3v) is 3.34. The molecule has 0 heterocycles. The number of likely N-dealkylation sites (N-methyl/N-ethyl adjacent to an activating group) is 1. The second kappa shape index (κ2) is 6.64. The van der Waals surface area contributed by atoms with Crippen molar-refractivity contribution >= 4 is 23.2 Å². The smallest absolute Gasteiger partial charge is 0.244 e. The van der Waals surface area contributed by atoms with Crippen LogP contribution in [0.2, 0.25) is 5.02 Å². The van der Waals surface area contributed by atoms with Gasteiger partial charge in [0.05, 0.1) is 10.7 Å². The summed E-state index contributed by atoms with van der Waals surface area (Å²) in [6, 6.07) is 5.43. The maximum Gasteiger partial charge on any atom is 0.244 e. The summed E-state index contributed by atoms with van der Waals surface area (Å²) in [7, 11) is 0. The highest BCUT2D eigenvalue weighted by atomic mass is 35.5. The highest BCUT2D eigenvalue weighted by molar-refractivity contribution is 6.33. The number of hydrogen-bond donors (Lipinski definition) is 1. The minimum atomic E-state index is -0.275. The number of rotatable bonds is 5. The molecule has 4 heteroatoms. The highest BCUT2D eigenvalue weighted by Gasteiger charge is 2.19. The fourth-order valence-electron chi connectivity index (χ4n) is 1.90. The van der Waals surface area contributed by atoms with E-state index in [1.54, 1.807) is 0 Å². The van der Waals surface area contributed by atoms with Crippen LogP contribution in [0, 0.1) is 6.92 Å². The van der Waals surface area contributed by atoms with Gasteiger partial charge >= 0.3 is 0 Å². The molecule has 1 unspecified atom stereocenters. The molecular weight excluding hydrogens is 248 g/mol. The number of amides is 1.